The minimum Gasteiger partial charge on any atom is -0.320 e. The SMILES string of the molecule is Cc1cc(C(N)c2cccc(C(F)(F)F)c2)c(C)cc1Br. The Morgan fingerprint density at radius 1 is 1.05 bits per heavy atom. The van der Waals surface area contributed by atoms with Gasteiger partial charge in [0.15, 0.2) is 0 Å². The summed E-state index contributed by atoms with van der Waals surface area (Å²) in [5, 5.41) is 0. The maximum absolute atomic E-state index is 12.8. The largest absolute Gasteiger partial charge is 0.416 e. The third kappa shape index (κ3) is 3.47. The highest BCUT2D eigenvalue weighted by atomic mass is 79.9. The van der Waals surface area contributed by atoms with E-state index in [-0.39, 0.29) is 0 Å². The van der Waals surface area contributed by atoms with Crippen molar-refractivity contribution in [2.45, 2.75) is 26.1 Å². The highest BCUT2D eigenvalue weighted by Crippen LogP contribution is 2.33. The zero-order chi connectivity index (χ0) is 15.8. The van der Waals surface area contributed by atoms with Gasteiger partial charge in [-0.1, -0.05) is 34.1 Å². The smallest absolute Gasteiger partial charge is 0.320 e. The zero-order valence-corrected chi connectivity index (χ0v) is 13.2. The maximum atomic E-state index is 12.8. The van der Waals surface area contributed by atoms with Crippen molar-refractivity contribution in [1.29, 1.82) is 0 Å². The number of halogens is 4. The summed E-state index contributed by atoms with van der Waals surface area (Å²) in [6, 6.07) is 8.43. The lowest BCUT2D eigenvalue weighted by Crippen LogP contribution is -2.15. The maximum Gasteiger partial charge on any atom is 0.416 e. The van der Waals surface area contributed by atoms with Crippen LogP contribution in [0.1, 0.15) is 33.9 Å². The van der Waals surface area contributed by atoms with Crippen LogP contribution in [0.15, 0.2) is 40.9 Å². The number of hydrogen-bond acceptors (Lipinski definition) is 1. The first-order valence-electron chi connectivity index (χ1n) is 6.39. The number of aryl methyl sites for hydroxylation is 2. The second-order valence-corrected chi connectivity index (χ2v) is 5.91. The van der Waals surface area contributed by atoms with Crippen LogP contribution in [0.4, 0.5) is 13.2 Å². The van der Waals surface area contributed by atoms with E-state index in [1.54, 1.807) is 6.07 Å². The Kier molecular flexibility index (Phi) is 4.44. The number of benzene rings is 2. The predicted octanol–water partition coefficient (Wildman–Crippen LogP) is 5.13. The van der Waals surface area contributed by atoms with Gasteiger partial charge >= 0.3 is 6.18 Å². The molecular formula is C16H15BrF3N. The van der Waals surface area contributed by atoms with Crippen LogP contribution in [-0.4, -0.2) is 0 Å². The van der Waals surface area contributed by atoms with E-state index in [2.05, 4.69) is 15.9 Å². The van der Waals surface area contributed by atoms with Crippen molar-refractivity contribution < 1.29 is 13.2 Å². The quantitative estimate of drug-likeness (QED) is 0.791. The Morgan fingerprint density at radius 2 is 1.71 bits per heavy atom. The van der Waals surface area contributed by atoms with E-state index in [4.69, 9.17) is 5.73 Å². The van der Waals surface area contributed by atoms with Crippen LogP contribution in [0.25, 0.3) is 0 Å². The van der Waals surface area contributed by atoms with Gasteiger partial charge in [-0.25, -0.2) is 0 Å². The molecule has 0 aliphatic heterocycles. The normalized spacial score (nSPS) is 13.3. The first-order chi connectivity index (χ1) is 9.70. The van der Waals surface area contributed by atoms with Gasteiger partial charge in [-0.05, 0) is 54.3 Å². The third-order valence-electron chi connectivity index (χ3n) is 3.46. The molecule has 2 rings (SSSR count). The number of nitrogens with two attached hydrogens (primary N) is 1. The second-order valence-electron chi connectivity index (χ2n) is 5.06. The van der Waals surface area contributed by atoms with Gasteiger partial charge in [0.1, 0.15) is 0 Å². The lowest BCUT2D eigenvalue weighted by molar-refractivity contribution is -0.137. The molecule has 2 aromatic rings. The fraction of sp³-hybridized carbons (Fsp3) is 0.250. The third-order valence-corrected chi connectivity index (χ3v) is 4.31. The van der Waals surface area contributed by atoms with E-state index >= 15 is 0 Å². The average molecular weight is 358 g/mol. The van der Waals surface area contributed by atoms with Crippen LogP contribution in [-0.2, 0) is 6.18 Å². The van der Waals surface area contributed by atoms with E-state index in [0.717, 1.165) is 33.3 Å². The molecule has 112 valence electrons. The Hall–Kier alpha value is -1.33. The van der Waals surface area contributed by atoms with Crippen LogP contribution >= 0.6 is 15.9 Å². The van der Waals surface area contributed by atoms with E-state index in [9.17, 15) is 13.2 Å². The minimum absolute atomic E-state index is 0.453. The monoisotopic (exact) mass is 357 g/mol. The van der Waals surface area contributed by atoms with Gasteiger partial charge in [-0.2, -0.15) is 13.2 Å². The van der Waals surface area contributed by atoms with Crippen molar-refractivity contribution in [2.24, 2.45) is 5.73 Å². The summed E-state index contributed by atoms with van der Waals surface area (Å²) >= 11 is 3.43. The van der Waals surface area contributed by atoms with Gasteiger partial charge in [0.25, 0.3) is 0 Å². The summed E-state index contributed by atoms with van der Waals surface area (Å²) < 4.78 is 39.3. The predicted molar refractivity (Wildman–Crippen MR) is 81.1 cm³/mol. The molecule has 0 radical (unpaired) electrons. The molecule has 1 atom stereocenters. The van der Waals surface area contributed by atoms with Crippen LogP contribution in [0.2, 0.25) is 0 Å². The standard InChI is InChI=1S/C16H15BrF3N/c1-9-7-14(17)10(2)6-13(9)15(21)11-4-3-5-12(8-11)16(18,19)20/h3-8,15H,21H2,1-2H3. The van der Waals surface area contributed by atoms with Crippen molar-refractivity contribution in [3.63, 3.8) is 0 Å². The molecule has 5 heteroatoms. The number of alkyl halides is 3. The van der Waals surface area contributed by atoms with Crippen molar-refractivity contribution in [3.8, 4) is 0 Å². The first kappa shape index (κ1) is 16.0. The highest BCUT2D eigenvalue weighted by molar-refractivity contribution is 9.10. The second kappa shape index (κ2) is 5.81. The van der Waals surface area contributed by atoms with Crippen molar-refractivity contribution in [3.05, 3.63) is 68.7 Å². The molecule has 0 saturated heterocycles. The Morgan fingerprint density at radius 3 is 2.33 bits per heavy atom. The minimum atomic E-state index is -4.36. The van der Waals surface area contributed by atoms with Crippen LogP contribution in [0.3, 0.4) is 0 Å². The summed E-state index contributed by atoms with van der Waals surface area (Å²) in [5.41, 5.74) is 8.71. The number of rotatable bonds is 2. The van der Waals surface area contributed by atoms with E-state index in [0.29, 0.717) is 5.56 Å². The van der Waals surface area contributed by atoms with Crippen LogP contribution in [0, 0.1) is 13.8 Å². The molecule has 0 aliphatic rings. The van der Waals surface area contributed by atoms with Crippen molar-refractivity contribution in [1.82, 2.24) is 0 Å². The van der Waals surface area contributed by atoms with E-state index in [1.807, 2.05) is 26.0 Å². The van der Waals surface area contributed by atoms with Gasteiger partial charge < -0.3 is 5.73 Å². The van der Waals surface area contributed by atoms with Crippen molar-refractivity contribution in [2.75, 3.05) is 0 Å². The molecule has 2 N–H and O–H groups in total. The van der Waals surface area contributed by atoms with Gasteiger partial charge in [0.2, 0.25) is 0 Å². The van der Waals surface area contributed by atoms with E-state index < -0.39 is 17.8 Å². The molecule has 0 aliphatic carbocycles. The summed E-state index contributed by atoms with van der Waals surface area (Å²) in [4.78, 5) is 0. The summed E-state index contributed by atoms with van der Waals surface area (Å²) in [7, 11) is 0. The average Bonchev–Trinajstić information content (AvgIpc) is 2.41. The van der Waals surface area contributed by atoms with Gasteiger partial charge in [0.05, 0.1) is 11.6 Å². The van der Waals surface area contributed by atoms with Gasteiger partial charge in [-0.3, -0.25) is 0 Å². The molecule has 2 aromatic carbocycles. The van der Waals surface area contributed by atoms with Gasteiger partial charge in [0, 0.05) is 4.47 Å². The molecule has 0 amide bonds. The highest BCUT2D eigenvalue weighted by Gasteiger charge is 2.30. The summed E-state index contributed by atoms with van der Waals surface area (Å²) in [5.74, 6) is 0. The fourth-order valence-corrected chi connectivity index (χ4v) is 2.68. The molecular weight excluding hydrogens is 343 g/mol. The molecule has 0 bridgehead atoms. The summed E-state index contributed by atoms with van der Waals surface area (Å²) in [6.07, 6.45) is -4.36. The van der Waals surface area contributed by atoms with Crippen LogP contribution in [0.5, 0.6) is 0 Å². The fourth-order valence-electron chi connectivity index (χ4n) is 2.23. The van der Waals surface area contributed by atoms with Crippen LogP contribution < -0.4 is 5.73 Å². The Bertz CT molecular complexity index is 665. The zero-order valence-electron chi connectivity index (χ0n) is 11.6. The molecule has 1 nitrogen and oxygen atoms in total. The summed E-state index contributed by atoms with van der Waals surface area (Å²) in [6.45, 7) is 3.82. The van der Waals surface area contributed by atoms with Gasteiger partial charge in [-0.15, -0.1) is 0 Å². The lowest BCUT2D eigenvalue weighted by atomic mass is 9.93. The lowest BCUT2D eigenvalue weighted by Gasteiger charge is -2.18. The number of hydrogen-bond donors (Lipinski definition) is 1. The first-order valence-corrected chi connectivity index (χ1v) is 7.19. The molecule has 0 heterocycles. The Balaban J connectivity index is 2.45. The molecule has 0 saturated carbocycles. The Labute approximate surface area is 130 Å². The van der Waals surface area contributed by atoms with E-state index in [1.165, 1.54) is 6.07 Å². The molecule has 21 heavy (non-hydrogen) atoms. The van der Waals surface area contributed by atoms with Crippen molar-refractivity contribution >= 4 is 15.9 Å². The topological polar surface area (TPSA) is 26.0 Å². The molecule has 0 fully saturated rings. The molecule has 0 aromatic heterocycles. The molecule has 1 unspecified atom stereocenters. The molecule has 0 spiro atoms.